The highest BCUT2D eigenvalue weighted by Gasteiger charge is 2.07. The van der Waals surface area contributed by atoms with Gasteiger partial charge in [-0.2, -0.15) is 5.10 Å². The maximum absolute atomic E-state index is 4.59. The molecule has 1 atom stereocenters. The Morgan fingerprint density at radius 1 is 1.21 bits per heavy atom. The zero-order valence-corrected chi connectivity index (χ0v) is 11.0. The summed E-state index contributed by atoms with van der Waals surface area (Å²) in [6.45, 7) is 2.13. The fourth-order valence-electron chi connectivity index (χ4n) is 2.11. The summed E-state index contributed by atoms with van der Waals surface area (Å²) in [6.07, 6.45) is 3.75. The molecule has 5 heteroatoms. The number of rotatable bonds is 3. The molecule has 2 heterocycles. The first-order valence-electron chi connectivity index (χ1n) is 6.36. The predicted molar refractivity (Wildman–Crippen MR) is 79.6 cm³/mol. The van der Waals surface area contributed by atoms with Gasteiger partial charge in [0.25, 0.3) is 0 Å². The van der Waals surface area contributed by atoms with Crippen LogP contribution in [0.5, 0.6) is 0 Å². The lowest BCUT2D eigenvalue weighted by Gasteiger charge is -2.14. The molecule has 1 N–H and O–H groups in total. The minimum absolute atomic E-state index is 0.222. The number of benzene rings is 1. The Hall–Kier alpha value is -2.30. The number of fused-ring (bicyclic) bond motifs is 1. The van der Waals surface area contributed by atoms with Crippen LogP contribution in [0.4, 0.5) is 5.82 Å². The van der Waals surface area contributed by atoms with E-state index in [4.69, 9.17) is 0 Å². The van der Waals surface area contributed by atoms with Crippen LogP contribution >= 0.6 is 0 Å². The van der Waals surface area contributed by atoms with Gasteiger partial charge in [-0.3, -0.25) is 0 Å². The van der Waals surface area contributed by atoms with E-state index in [9.17, 15) is 0 Å². The largest absolute Gasteiger partial charge is 0.363 e. The topological polar surface area (TPSA) is 42.2 Å². The third-order valence-corrected chi connectivity index (χ3v) is 3.21. The maximum atomic E-state index is 4.59. The second kappa shape index (κ2) is 4.76. The third-order valence-electron chi connectivity index (χ3n) is 3.21. The number of nitrogens with zero attached hydrogens (tertiary/aromatic N) is 3. The molecule has 0 aliphatic carbocycles. The number of anilines is 1. The van der Waals surface area contributed by atoms with Gasteiger partial charge < -0.3 is 5.32 Å². The fourth-order valence-corrected chi connectivity index (χ4v) is 2.11. The van der Waals surface area contributed by atoms with Gasteiger partial charge in [0.15, 0.2) is 5.65 Å². The van der Waals surface area contributed by atoms with Crippen LogP contribution in [-0.4, -0.2) is 22.4 Å². The van der Waals surface area contributed by atoms with Crippen molar-refractivity contribution in [3.8, 4) is 0 Å². The molecule has 0 bridgehead atoms. The first-order chi connectivity index (χ1) is 9.24. The quantitative estimate of drug-likeness (QED) is 0.709. The lowest BCUT2D eigenvalue weighted by Crippen LogP contribution is -2.10. The molecule has 1 aromatic carbocycles. The summed E-state index contributed by atoms with van der Waals surface area (Å²) >= 11 is 0. The van der Waals surface area contributed by atoms with Crippen molar-refractivity contribution in [2.45, 2.75) is 13.0 Å². The number of hydrogen-bond donors (Lipinski definition) is 1. The summed E-state index contributed by atoms with van der Waals surface area (Å²) < 4.78 is 1.79. The Bertz CT molecular complexity index is 693. The second-order valence-corrected chi connectivity index (χ2v) is 4.69. The van der Waals surface area contributed by atoms with Crippen LogP contribution in [0.25, 0.3) is 5.65 Å². The molecule has 2 aromatic heterocycles. The van der Waals surface area contributed by atoms with Crippen molar-refractivity contribution in [2.75, 3.05) is 5.32 Å². The van der Waals surface area contributed by atoms with E-state index in [1.54, 1.807) is 4.52 Å². The van der Waals surface area contributed by atoms with Gasteiger partial charge >= 0.3 is 0 Å². The van der Waals surface area contributed by atoms with Crippen LogP contribution in [0.3, 0.4) is 0 Å². The van der Waals surface area contributed by atoms with Gasteiger partial charge in [0.05, 0.1) is 0 Å². The Kier molecular flexibility index (Phi) is 2.95. The highest BCUT2D eigenvalue weighted by molar-refractivity contribution is 6.36. The Morgan fingerprint density at radius 3 is 2.79 bits per heavy atom. The highest BCUT2D eigenvalue weighted by atomic mass is 15.2. The average Bonchev–Trinajstić information content (AvgIpc) is 2.81. The Labute approximate surface area is 112 Å². The fraction of sp³-hybridized carbons (Fsp3) is 0.143. The summed E-state index contributed by atoms with van der Waals surface area (Å²) in [4.78, 5) is 4.59. The van der Waals surface area contributed by atoms with Crippen molar-refractivity contribution in [3.05, 3.63) is 54.4 Å². The van der Waals surface area contributed by atoms with Crippen molar-refractivity contribution in [2.24, 2.45) is 0 Å². The molecule has 0 amide bonds. The van der Waals surface area contributed by atoms with Crippen LogP contribution in [-0.2, 0) is 0 Å². The van der Waals surface area contributed by atoms with Crippen LogP contribution in [0, 0.1) is 0 Å². The average molecular weight is 250 g/mol. The summed E-state index contributed by atoms with van der Waals surface area (Å²) in [7, 11) is 2.01. The molecule has 0 unspecified atom stereocenters. The van der Waals surface area contributed by atoms with Crippen molar-refractivity contribution in [1.29, 1.82) is 0 Å². The summed E-state index contributed by atoms with van der Waals surface area (Å²) in [5.74, 6) is 0.868. The Morgan fingerprint density at radius 2 is 2.00 bits per heavy atom. The lowest BCUT2D eigenvalue weighted by atomic mass is 10.0. The molecule has 0 fully saturated rings. The molecule has 0 aliphatic heterocycles. The van der Waals surface area contributed by atoms with Crippen molar-refractivity contribution < 1.29 is 0 Å². The van der Waals surface area contributed by atoms with Crippen molar-refractivity contribution in [3.63, 3.8) is 0 Å². The summed E-state index contributed by atoms with van der Waals surface area (Å²) in [6, 6.07) is 12.5. The number of aromatic nitrogens is 3. The smallest absolute Gasteiger partial charge is 0.150 e. The zero-order valence-electron chi connectivity index (χ0n) is 11.0. The molecule has 0 saturated carbocycles. The van der Waals surface area contributed by atoms with E-state index >= 15 is 0 Å². The molecule has 0 spiro atoms. The van der Waals surface area contributed by atoms with Crippen molar-refractivity contribution in [1.82, 2.24) is 14.6 Å². The molecule has 4 nitrogen and oxygen atoms in total. The van der Waals surface area contributed by atoms with E-state index in [2.05, 4.69) is 34.5 Å². The summed E-state index contributed by atoms with van der Waals surface area (Å²) in [5, 5.41) is 7.64. The molecule has 94 valence electrons. The van der Waals surface area contributed by atoms with Gasteiger partial charge in [-0.25, -0.2) is 9.50 Å². The van der Waals surface area contributed by atoms with Crippen LogP contribution in [0.15, 0.2) is 48.8 Å². The summed E-state index contributed by atoms with van der Waals surface area (Å²) in [5.41, 5.74) is 3.22. The van der Waals surface area contributed by atoms with Crippen LogP contribution in [0.1, 0.15) is 18.5 Å². The molecule has 0 aliphatic rings. The number of nitrogens with one attached hydrogen (secondary N) is 1. The molecule has 0 radical (unpaired) electrons. The van der Waals surface area contributed by atoms with Gasteiger partial charge in [-0.15, -0.1) is 0 Å². The van der Waals surface area contributed by atoms with E-state index in [1.807, 2.05) is 44.5 Å². The first kappa shape index (κ1) is 11.8. The predicted octanol–water partition coefficient (Wildman–Crippen LogP) is 1.16. The lowest BCUT2D eigenvalue weighted by molar-refractivity contribution is 0.867. The normalized spacial score (nSPS) is 12.5. The van der Waals surface area contributed by atoms with E-state index in [0.29, 0.717) is 0 Å². The van der Waals surface area contributed by atoms with Crippen LogP contribution in [0.2, 0.25) is 0 Å². The second-order valence-electron chi connectivity index (χ2n) is 4.69. The minimum atomic E-state index is 0.222. The van der Waals surface area contributed by atoms with Crippen molar-refractivity contribution >= 4 is 24.8 Å². The highest BCUT2D eigenvalue weighted by Crippen LogP contribution is 2.17. The van der Waals surface area contributed by atoms with Gasteiger partial charge in [0.2, 0.25) is 0 Å². The maximum Gasteiger partial charge on any atom is 0.150 e. The van der Waals surface area contributed by atoms with E-state index in [0.717, 1.165) is 16.9 Å². The van der Waals surface area contributed by atoms with E-state index < -0.39 is 0 Å². The molecular formula is C14H15BN4. The molecule has 3 rings (SSSR count). The van der Waals surface area contributed by atoms with E-state index in [1.165, 1.54) is 5.56 Å². The molecule has 0 saturated heterocycles. The number of hydrogen-bond acceptors (Lipinski definition) is 3. The van der Waals surface area contributed by atoms with Gasteiger partial charge in [-0.1, -0.05) is 30.3 Å². The minimum Gasteiger partial charge on any atom is -0.363 e. The van der Waals surface area contributed by atoms with Crippen LogP contribution < -0.4 is 10.8 Å². The molecule has 3 aromatic rings. The zero-order chi connectivity index (χ0) is 13.2. The molecule has 19 heavy (non-hydrogen) atoms. The van der Waals surface area contributed by atoms with Gasteiger partial charge in [0.1, 0.15) is 13.7 Å². The standard InChI is InChI=1S/C14H15BN4/c1-10(11-5-3-2-4-6-11)17-13-7-8-19-14(18-13)12(15)9-16-19/h2-10H,15H2,1H3,(H,17,18)/t10-/m1/s1. The monoisotopic (exact) mass is 250 g/mol. The van der Waals surface area contributed by atoms with E-state index in [-0.39, 0.29) is 6.04 Å². The Balaban J connectivity index is 1.87. The van der Waals surface area contributed by atoms with Gasteiger partial charge in [-0.05, 0) is 24.0 Å². The first-order valence-corrected chi connectivity index (χ1v) is 6.36. The molecular weight excluding hydrogens is 235 g/mol. The van der Waals surface area contributed by atoms with Gasteiger partial charge in [0, 0.05) is 18.4 Å². The SMILES string of the molecule is Bc1cnn2ccc(N[C@H](C)c3ccccc3)nc12. The third kappa shape index (κ3) is 2.31.